The van der Waals surface area contributed by atoms with Crippen molar-refractivity contribution in [1.29, 1.82) is 0 Å². The average molecular weight is 528 g/mol. The normalized spacial score (nSPS) is 19.0. The van der Waals surface area contributed by atoms with Crippen LogP contribution < -0.4 is 24.8 Å². The van der Waals surface area contributed by atoms with Crippen LogP contribution in [0.5, 0.6) is 0 Å². The number of benzene rings is 2. The van der Waals surface area contributed by atoms with Gasteiger partial charge in [-0.3, -0.25) is 0 Å². The summed E-state index contributed by atoms with van der Waals surface area (Å²) >= 11 is -0.921. The van der Waals surface area contributed by atoms with E-state index in [0.717, 1.165) is 0 Å². The molecule has 0 radical (unpaired) electrons. The quantitative estimate of drug-likeness (QED) is 0.485. The summed E-state index contributed by atoms with van der Waals surface area (Å²) in [6.07, 6.45) is 7.19. The molecule has 31 heavy (non-hydrogen) atoms. The van der Waals surface area contributed by atoms with Crippen LogP contribution in [0, 0.1) is 5.41 Å². The van der Waals surface area contributed by atoms with Gasteiger partial charge in [-0.15, -0.1) is 0 Å². The Morgan fingerprint density at radius 1 is 0.806 bits per heavy atom. The first kappa shape index (κ1) is 24.3. The van der Waals surface area contributed by atoms with Gasteiger partial charge in [0.25, 0.3) is 0 Å². The molecule has 0 N–H and O–H groups in total. The fourth-order valence-electron chi connectivity index (χ4n) is 4.97. The zero-order valence-corrected chi connectivity index (χ0v) is 22.6. The van der Waals surface area contributed by atoms with Gasteiger partial charge in [0.05, 0.1) is 0 Å². The molecule has 1 nitrogen and oxygen atoms in total. The van der Waals surface area contributed by atoms with E-state index in [1.807, 2.05) is 0 Å². The maximum atomic E-state index is 2.51. The minimum absolute atomic E-state index is 0. The molecule has 158 valence electrons. The largest absolute Gasteiger partial charge is 1.00 e. The minimum atomic E-state index is -0.921. The van der Waals surface area contributed by atoms with Gasteiger partial charge in [-0.05, 0) is 0 Å². The van der Waals surface area contributed by atoms with Crippen LogP contribution in [0.2, 0.25) is 0 Å². The Kier molecular flexibility index (Phi) is 6.97. The van der Waals surface area contributed by atoms with Crippen molar-refractivity contribution >= 4 is 16.8 Å². The maximum absolute atomic E-state index is 2.51. The van der Waals surface area contributed by atoms with E-state index in [9.17, 15) is 0 Å². The summed E-state index contributed by atoms with van der Waals surface area (Å²) in [5, 5.41) is 2.65. The van der Waals surface area contributed by atoms with Crippen LogP contribution in [0.1, 0.15) is 51.8 Å². The zero-order valence-electron chi connectivity index (χ0n) is 18.6. The van der Waals surface area contributed by atoms with Gasteiger partial charge < -0.3 is 24.8 Å². The predicted octanol–water partition coefficient (Wildman–Crippen LogP) is 1.33. The molecule has 0 spiro atoms. The third-order valence-electron chi connectivity index (χ3n) is 7.10. The Morgan fingerprint density at radius 2 is 1.39 bits per heavy atom. The molecule has 1 atom stereocenters. The van der Waals surface area contributed by atoms with Crippen LogP contribution >= 0.6 is 0 Å². The Bertz CT molecular complexity index is 1210. The van der Waals surface area contributed by atoms with E-state index in [1.54, 1.807) is 17.7 Å². The van der Waals surface area contributed by atoms with Crippen LogP contribution in [0.15, 0.2) is 84.2 Å². The SMILES string of the molecule is CC1=C(C)C(C)(C)[C]([Zr+2][C]2=Cc3ccccc3C2n2cc3ccccc3c2)=C1C.[Cl-].[Cl-]. The molecule has 5 rings (SSSR count). The van der Waals surface area contributed by atoms with Gasteiger partial charge in [0.2, 0.25) is 0 Å². The molecule has 2 aromatic carbocycles. The first-order chi connectivity index (χ1) is 13.9. The molecule has 0 aliphatic heterocycles. The van der Waals surface area contributed by atoms with Gasteiger partial charge in [-0.1, -0.05) is 0 Å². The molecule has 2 aliphatic rings. The minimum Gasteiger partial charge on any atom is -1.00 e. The van der Waals surface area contributed by atoms with Crippen molar-refractivity contribution in [3.8, 4) is 0 Å². The molecule has 2 aliphatic carbocycles. The molecule has 3 aromatic rings. The fraction of sp³-hybridized carbons (Fsp3) is 0.259. The summed E-state index contributed by atoms with van der Waals surface area (Å²) in [6, 6.07) is 18.0. The van der Waals surface area contributed by atoms with Crippen molar-refractivity contribution in [3.63, 3.8) is 0 Å². The monoisotopic (exact) mass is 525 g/mol. The summed E-state index contributed by atoms with van der Waals surface area (Å²) in [4.78, 5) is 0. The number of hydrogen-bond acceptors (Lipinski definition) is 0. The number of nitrogens with zero attached hydrogens (tertiary/aromatic N) is 1. The molecule has 0 amide bonds. The number of rotatable bonds is 3. The van der Waals surface area contributed by atoms with Gasteiger partial charge in [-0.2, -0.15) is 0 Å². The van der Waals surface area contributed by atoms with E-state index in [2.05, 4.69) is 106 Å². The molecular formula is C27H27Cl2NZr. The van der Waals surface area contributed by atoms with Crippen molar-refractivity contribution in [1.82, 2.24) is 4.57 Å². The van der Waals surface area contributed by atoms with E-state index in [-0.39, 0.29) is 30.2 Å². The van der Waals surface area contributed by atoms with Crippen LogP contribution in [-0.4, -0.2) is 4.57 Å². The molecule has 0 bridgehead atoms. The molecule has 1 unspecified atom stereocenters. The maximum Gasteiger partial charge on any atom is -1.00 e. The third kappa shape index (κ3) is 3.86. The van der Waals surface area contributed by atoms with Crippen LogP contribution in [0.3, 0.4) is 0 Å². The number of aromatic nitrogens is 1. The van der Waals surface area contributed by atoms with Crippen LogP contribution in [0.25, 0.3) is 16.8 Å². The number of hydrogen-bond donors (Lipinski definition) is 0. The van der Waals surface area contributed by atoms with E-state index in [0.29, 0.717) is 6.04 Å². The van der Waals surface area contributed by atoms with Crippen molar-refractivity contribution < 1.29 is 48.0 Å². The van der Waals surface area contributed by atoms with Gasteiger partial charge in [0.15, 0.2) is 0 Å². The Morgan fingerprint density at radius 3 is 1.97 bits per heavy atom. The van der Waals surface area contributed by atoms with Crippen molar-refractivity contribution in [2.75, 3.05) is 0 Å². The summed E-state index contributed by atoms with van der Waals surface area (Å²) < 4.78 is 5.88. The Hall–Kier alpha value is -1.34. The van der Waals surface area contributed by atoms with E-state index in [4.69, 9.17) is 0 Å². The summed E-state index contributed by atoms with van der Waals surface area (Å²) in [6.45, 7) is 11.9. The van der Waals surface area contributed by atoms with Gasteiger partial charge in [0.1, 0.15) is 0 Å². The molecular weight excluding hydrogens is 500 g/mol. The third-order valence-corrected chi connectivity index (χ3v) is 11.9. The summed E-state index contributed by atoms with van der Waals surface area (Å²) in [7, 11) is 0. The molecule has 0 fully saturated rings. The molecule has 4 heteroatoms. The standard InChI is InChI=1S/C17H12N.C10H15.2ClH.Zr/c1-2-7-15-12-18(11-14(15)6-1)17-10-9-13-5-3-4-8-16(13)17;1-7-6-10(4,5)9(3)8(7)2;;;/h1-9,11-12,17H;1-5H3;2*1H;/q;;;;+2/p-2. The first-order valence-electron chi connectivity index (χ1n) is 10.4. The topological polar surface area (TPSA) is 4.93 Å². The Balaban J connectivity index is 0.00000136. The molecule has 0 saturated carbocycles. The van der Waals surface area contributed by atoms with Gasteiger partial charge >= 0.3 is 186 Å². The van der Waals surface area contributed by atoms with Crippen molar-refractivity contribution in [2.24, 2.45) is 5.41 Å². The zero-order chi connectivity index (χ0) is 20.3. The molecule has 0 saturated heterocycles. The molecule has 1 heterocycles. The van der Waals surface area contributed by atoms with Crippen molar-refractivity contribution in [3.05, 3.63) is 95.3 Å². The second-order valence-corrected chi connectivity index (χ2v) is 12.2. The smallest absolute Gasteiger partial charge is 1.00 e. The van der Waals surface area contributed by atoms with Crippen LogP contribution in [-0.2, 0) is 23.2 Å². The summed E-state index contributed by atoms with van der Waals surface area (Å²) in [5.41, 5.74) is 7.71. The number of halogens is 2. The van der Waals surface area contributed by atoms with E-state index < -0.39 is 23.2 Å². The van der Waals surface area contributed by atoms with E-state index in [1.165, 1.54) is 27.5 Å². The molecule has 1 aromatic heterocycles. The van der Waals surface area contributed by atoms with Crippen LogP contribution in [0.4, 0.5) is 0 Å². The van der Waals surface area contributed by atoms with Gasteiger partial charge in [-0.25, -0.2) is 0 Å². The second-order valence-electron chi connectivity index (χ2n) is 8.97. The van der Waals surface area contributed by atoms with E-state index >= 15 is 0 Å². The Labute approximate surface area is 209 Å². The van der Waals surface area contributed by atoms with Gasteiger partial charge in [0, 0.05) is 0 Å². The predicted molar refractivity (Wildman–Crippen MR) is 119 cm³/mol. The average Bonchev–Trinajstić information content (AvgIpc) is 3.33. The first-order valence-corrected chi connectivity index (χ1v) is 12.9. The second kappa shape index (κ2) is 8.89. The number of allylic oxidation sites excluding steroid dienone is 5. The number of fused-ring (bicyclic) bond motifs is 2. The van der Waals surface area contributed by atoms with Crippen molar-refractivity contribution in [2.45, 2.75) is 40.7 Å². The summed E-state index contributed by atoms with van der Waals surface area (Å²) in [5.74, 6) is 0. The fourth-order valence-corrected chi connectivity index (χ4v) is 9.48.